The Bertz CT molecular complexity index is 606. The summed E-state index contributed by atoms with van der Waals surface area (Å²) in [5.41, 5.74) is 3.21. The lowest BCUT2D eigenvalue weighted by atomic mass is 10.0. The molecule has 0 fully saturated rings. The minimum atomic E-state index is 0.549. The second-order valence-corrected chi connectivity index (χ2v) is 6.05. The van der Waals surface area contributed by atoms with Crippen LogP contribution in [0.25, 0.3) is 0 Å². The van der Waals surface area contributed by atoms with Gasteiger partial charge in [-0.25, -0.2) is 0 Å². The number of nitriles is 1. The number of nitrogens with zero attached hydrogens (tertiary/aromatic N) is 1. The number of hydrogen-bond donors (Lipinski definition) is 0. The third kappa shape index (κ3) is 3.39. The van der Waals surface area contributed by atoms with Gasteiger partial charge >= 0.3 is 0 Å². The molecule has 1 nitrogen and oxygen atoms in total. The second kappa shape index (κ2) is 5.95. The molecule has 19 heavy (non-hydrogen) atoms. The van der Waals surface area contributed by atoms with Gasteiger partial charge < -0.3 is 0 Å². The van der Waals surface area contributed by atoms with Crippen molar-refractivity contribution in [3.8, 4) is 6.07 Å². The summed E-state index contributed by atoms with van der Waals surface area (Å²) >= 11 is 1.65. The van der Waals surface area contributed by atoms with E-state index >= 15 is 0 Å². The van der Waals surface area contributed by atoms with Crippen LogP contribution >= 0.6 is 11.8 Å². The number of rotatable bonds is 3. The SMILES string of the molecule is Cc1ccc(Sc2ccc(C(C)C)cc2)c(C#N)c1. The normalized spacial score (nSPS) is 10.5. The number of aryl methyl sites for hydroxylation is 1. The molecule has 0 bridgehead atoms. The van der Waals surface area contributed by atoms with E-state index in [1.54, 1.807) is 11.8 Å². The maximum absolute atomic E-state index is 9.17. The fourth-order valence-corrected chi connectivity index (χ4v) is 2.74. The third-order valence-corrected chi connectivity index (χ3v) is 4.11. The van der Waals surface area contributed by atoms with Crippen LogP contribution in [-0.2, 0) is 0 Å². The monoisotopic (exact) mass is 267 g/mol. The van der Waals surface area contributed by atoms with Crippen LogP contribution in [0.4, 0.5) is 0 Å². The first-order valence-corrected chi connectivity index (χ1v) is 7.20. The molecule has 0 heterocycles. The molecule has 0 aliphatic carbocycles. The lowest BCUT2D eigenvalue weighted by Gasteiger charge is -2.08. The van der Waals surface area contributed by atoms with E-state index < -0.39 is 0 Å². The van der Waals surface area contributed by atoms with Crippen LogP contribution in [0.2, 0.25) is 0 Å². The van der Waals surface area contributed by atoms with Gasteiger partial charge in [0.25, 0.3) is 0 Å². The molecule has 0 aromatic heterocycles. The summed E-state index contributed by atoms with van der Waals surface area (Å²) in [4.78, 5) is 2.19. The zero-order valence-corrected chi connectivity index (χ0v) is 12.3. The summed E-state index contributed by atoms with van der Waals surface area (Å²) in [6.07, 6.45) is 0. The zero-order chi connectivity index (χ0) is 13.8. The molecule has 0 saturated heterocycles. The second-order valence-electron chi connectivity index (χ2n) is 4.94. The van der Waals surface area contributed by atoms with Crippen molar-refractivity contribution in [2.45, 2.75) is 36.5 Å². The fourth-order valence-electron chi connectivity index (χ4n) is 1.87. The van der Waals surface area contributed by atoms with Crippen molar-refractivity contribution < 1.29 is 0 Å². The lowest BCUT2D eigenvalue weighted by Crippen LogP contribution is -1.87. The summed E-state index contributed by atoms with van der Waals surface area (Å²) in [5, 5.41) is 9.17. The molecule has 0 aliphatic rings. The van der Waals surface area contributed by atoms with Crippen LogP contribution in [0.5, 0.6) is 0 Å². The van der Waals surface area contributed by atoms with Crippen LogP contribution in [0.1, 0.15) is 36.5 Å². The van der Waals surface area contributed by atoms with Crippen molar-refractivity contribution in [3.05, 3.63) is 59.2 Å². The summed E-state index contributed by atoms with van der Waals surface area (Å²) in [5.74, 6) is 0.549. The smallest absolute Gasteiger partial charge is 0.100 e. The van der Waals surface area contributed by atoms with Gasteiger partial charge in [-0.15, -0.1) is 0 Å². The highest BCUT2D eigenvalue weighted by molar-refractivity contribution is 7.99. The lowest BCUT2D eigenvalue weighted by molar-refractivity contribution is 0.865. The number of benzene rings is 2. The standard InChI is InChI=1S/C17H17NS/c1-12(2)14-5-7-16(8-6-14)19-17-9-4-13(3)10-15(17)11-18/h4-10,12H,1-3H3. The van der Waals surface area contributed by atoms with Gasteiger partial charge in [0.05, 0.1) is 5.56 Å². The van der Waals surface area contributed by atoms with Crippen molar-refractivity contribution in [1.29, 1.82) is 5.26 Å². The first kappa shape index (κ1) is 13.7. The van der Waals surface area contributed by atoms with Crippen molar-refractivity contribution in [2.75, 3.05) is 0 Å². The van der Waals surface area contributed by atoms with E-state index in [2.05, 4.69) is 44.2 Å². The Morgan fingerprint density at radius 3 is 2.32 bits per heavy atom. The van der Waals surface area contributed by atoms with E-state index in [9.17, 15) is 5.26 Å². The summed E-state index contributed by atoms with van der Waals surface area (Å²) < 4.78 is 0. The molecule has 0 amide bonds. The van der Waals surface area contributed by atoms with Crippen molar-refractivity contribution in [3.63, 3.8) is 0 Å². The van der Waals surface area contributed by atoms with Crippen LogP contribution < -0.4 is 0 Å². The molecular formula is C17H17NS. The molecule has 0 aliphatic heterocycles. The Hall–Kier alpha value is -1.72. The Kier molecular flexibility index (Phi) is 4.29. The zero-order valence-electron chi connectivity index (χ0n) is 11.5. The highest BCUT2D eigenvalue weighted by Crippen LogP contribution is 2.31. The highest BCUT2D eigenvalue weighted by Gasteiger charge is 2.05. The third-order valence-electron chi connectivity index (χ3n) is 3.03. The molecule has 2 aromatic rings. The molecule has 2 rings (SSSR count). The molecule has 0 unspecified atom stereocenters. The molecule has 0 saturated carbocycles. The first-order valence-electron chi connectivity index (χ1n) is 6.38. The Balaban J connectivity index is 2.24. The van der Waals surface area contributed by atoms with E-state index in [-0.39, 0.29) is 0 Å². The van der Waals surface area contributed by atoms with E-state index in [0.29, 0.717) is 5.92 Å². The van der Waals surface area contributed by atoms with Gasteiger partial charge in [-0.3, -0.25) is 0 Å². The molecule has 2 aromatic carbocycles. The average Bonchev–Trinajstić information content (AvgIpc) is 2.41. The molecule has 96 valence electrons. The molecular weight excluding hydrogens is 250 g/mol. The summed E-state index contributed by atoms with van der Waals surface area (Å²) in [6, 6.07) is 16.8. The maximum atomic E-state index is 9.17. The van der Waals surface area contributed by atoms with Crippen LogP contribution in [0, 0.1) is 18.3 Å². The van der Waals surface area contributed by atoms with Crippen molar-refractivity contribution in [1.82, 2.24) is 0 Å². The van der Waals surface area contributed by atoms with Crippen LogP contribution in [-0.4, -0.2) is 0 Å². The Morgan fingerprint density at radius 1 is 1.05 bits per heavy atom. The first-order chi connectivity index (χ1) is 9.10. The molecule has 0 N–H and O–H groups in total. The summed E-state index contributed by atoms with van der Waals surface area (Å²) in [6.45, 7) is 6.39. The van der Waals surface area contributed by atoms with Crippen LogP contribution in [0.15, 0.2) is 52.3 Å². The van der Waals surface area contributed by atoms with Crippen molar-refractivity contribution in [2.24, 2.45) is 0 Å². The van der Waals surface area contributed by atoms with Gasteiger partial charge in [-0.05, 0) is 48.2 Å². The molecule has 0 spiro atoms. The van der Waals surface area contributed by atoms with Gasteiger partial charge in [-0.2, -0.15) is 5.26 Å². The number of hydrogen-bond acceptors (Lipinski definition) is 2. The topological polar surface area (TPSA) is 23.8 Å². The van der Waals surface area contributed by atoms with E-state index in [4.69, 9.17) is 0 Å². The Labute approximate surface area is 119 Å². The van der Waals surface area contributed by atoms with Gasteiger partial charge in [0.2, 0.25) is 0 Å². The minimum Gasteiger partial charge on any atom is -0.192 e. The minimum absolute atomic E-state index is 0.549. The largest absolute Gasteiger partial charge is 0.192 e. The molecule has 2 heteroatoms. The fraction of sp³-hybridized carbons (Fsp3) is 0.235. The van der Waals surface area contributed by atoms with Gasteiger partial charge in [0.1, 0.15) is 6.07 Å². The van der Waals surface area contributed by atoms with Gasteiger partial charge in [-0.1, -0.05) is 43.8 Å². The molecule has 0 radical (unpaired) electrons. The Morgan fingerprint density at radius 2 is 1.74 bits per heavy atom. The van der Waals surface area contributed by atoms with Gasteiger partial charge in [0, 0.05) is 9.79 Å². The van der Waals surface area contributed by atoms with E-state index in [1.807, 2.05) is 25.1 Å². The van der Waals surface area contributed by atoms with Crippen molar-refractivity contribution >= 4 is 11.8 Å². The predicted octanol–water partition coefficient (Wildman–Crippen LogP) is 5.14. The maximum Gasteiger partial charge on any atom is 0.100 e. The highest BCUT2D eigenvalue weighted by atomic mass is 32.2. The van der Waals surface area contributed by atoms with E-state index in [1.165, 1.54) is 10.5 Å². The van der Waals surface area contributed by atoms with E-state index in [0.717, 1.165) is 16.0 Å². The average molecular weight is 267 g/mol. The predicted molar refractivity (Wildman–Crippen MR) is 80.5 cm³/mol. The van der Waals surface area contributed by atoms with Gasteiger partial charge in [0.15, 0.2) is 0 Å². The molecule has 0 atom stereocenters. The summed E-state index contributed by atoms with van der Waals surface area (Å²) in [7, 11) is 0. The quantitative estimate of drug-likeness (QED) is 0.768. The van der Waals surface area contributed by atoms with Crippen LogP contribution in [0.3, 0.4) is 0 Å².